The summed E-state index contributed by atoms with van der Waals surface area (Å²) >= 11 is 6.04. The molecule has 2 heterocycles. The second-order valence-electron chi connectivity index (χ2n) is 4.00. The first-order chi connectivity index (χ1) is 8.25. The predicted octanol–water partition coefficient (Wildman–Crippen LogP) is 2.95. The number of rotatable bonds is 2. The van der Waals surface area contributed by atoms with Crippen molar-refractivity contribution in [2.45, 2.75) is 12.5 Å². The van der Waals surface area contributed by atoms with E-state index in [4.69, 9.17) is 20.8 Å². The van der Waals surface area contributed by atoms with Crippen molar-refractivity contribution < 1.29 is 14.3 Å². The Morgan fingerprint density at radius 1 is 1.35 bits per heavy atom. The molecule has 88 valence electrons. The van der Waals surface area contributed by atoms with Crippen LogP contribution < -0.4 is 4.74 Å². The summed E-state index contributed by atoms with van der Waals surface area (Å²) in [7, 11) is 0. The van der Waals surface area contributed by atoms with Crippen LogP contribution in [0.3, 0.4) is 0 Å². The minimum Gasteiger partial charge on any atom is -0.493 e. The molecule has 1 aromatic heterocycles. The molecule has 4 heteroatoms. The molecule has 0 radical (unpaired) electrons. The molecule has 0 amide bonds. The highest BCUT2D eigenvalue weighted by Gasteiger charge is 2.24. The lowest BCUT2D eigenvalue weighted by molar-refractivity contribution is 0.184. The smallest absolute Gasteiger partial charge is 0.140 e. The average molecular weight is 251 g/mol. The van der Waals surface area contributed by atoms with Crippen molar-refractivity contribution in [1.29, 1.82) is 0 Å². The van der Waals surface area contributed by atoms with E-state index in [0.29, 0.717) is 23.0 Å². The number of furan rings is 1. The van der Waals surface area contributed by atoms with Crippen molar-refractivity contribution in [3.8, 4) is 5.75 Å². The second-order valence-corrected chi connectivity index (χ2v) is 4.44. The van der Waals surface area contributed by atoms with Gasteiger partial charge in [0.2, 0.25) is 0 Å². The highest BCUT2D eigenvalue weighted by molar-refractivity contribution is 6.30. The Hall–Kier alpha value is -1.45. The highest BCUT2D eigenvalue weighted by atomic mass is 35.5. The van der Waals surface area contributed by atoms with Gasteiger partial charge in [0.05, 0.1) is 12.9 Å². The number of aliphatic hydroxyl groups excluding tert-OH is 1. The van der Waals surface area contributed by atoms with Gasteiger partial charge in [-0.3, -0.25) is 0 Å². The van der Waals surface area contributed by atoms with Crippen LogP contribution in [0.4, 0.5) is 0 Å². The molecule has 2 aromatic rings. The standard InChI is InChI=1S/C13H11ClO3/c14-9-6-8-3-5-17-13(8)10(7-9)12(15)11-2-1-4-16-11/h1-2,4,6-7,12,15H,3,5H2. The van der Waals surface area contributed by atoms with Crippen molar-refractivity contribution >= 4 is 11.6 Å². The number of ether oxygens (including phenoxy) is 1. The van der Waals surface area contributed by atoms with Gasteiger partial charge in [0, 0.05) is 17.0 Å². The van der Waals surface area contributed by atoms with Gasteiger partial charge in [-0.1, -0.05) is 11.6 Å². The number of aliphatic hydroxyl groups is 1. The summed E-state index contributed by atoms with van der Waals surface area (Å²) in [5.41, 5.74) is 1.71. The predicted molar refractivity (Wildman–Crippen MR) is 63.4 cm³/mol. The summed E-state index contributed by atoms with van der Waals surface area (Å²) < 4.78 is 10.7. The molecule has 0 bridgehead atoms. The Morgan fingerprint density at radius 2 is 2.24 bits per heavy atom. The van der Waals surface area contributed by atoms with Crippen LogP contribution in [-0.2, 0) is 6.42 Å². The summed E-state index contributed by atoms with van der Waals surface area (Å²) in [5.74, 6) is 1.23. The number of hydrogen-bond donors (Lipinski definition) is 1. The highest BCUT2D eigenvalue weighted by Crippen LogP contribution is 2.38. The van der Waals surface area contributed by atoms with Crippen molar-refractivity contribution in [3.63, 3.8) is 0 Å². The van der Waals surface area contributed by atoms with E-state index >= 15 is 0 Å². The number of benzene rings is 1. The minimum atomic E-state index is -0.837. The van der Waals surface area contributed by atoms with E-state index in [1.165, 1.54) is 6.26 Å². The van der Waals surface area contributed by atoms with Crippen LogP contribution in [0.15, 0.2) is 34.9 Å². The molecule has 1 atom stereocenters. The van der Waals surface area contributed by atoms with Crippen LogP contribution in [0.1, 0.15) is 23.0 Å². The fourth-order valence-electron chi connectivity index (χ4n) is 2.10. The maximum absolute atomic E-state index is 10.2. The van der Waals surface area contributed by atoms with Crippen molar-refractivity contribution in [3.05, 3.63) is 52.4 Å². The zero-order valence-corrected chi connectivity index (χ0v) is 9.78. The molecule has 1 N–H and O–H groups in total. The van der Waals surface area contributed by atoms with Gasteiger partial charge in [-0.2, -0.15) is 0 Å². The molecule has 3 rings (SSSR count). The Balaban J connectivity index is 2.09. The fraction of sp³-hybridized carbons (Fsp3) is 0.231. The Bertz CT molecular complexity index is 534. The van der Waals surface area contributed by atoms with Gasteiger partial charge in [-0.15, -0.1) is 0 Å². The lowest BCUT2D eigenvalue weighted by Gasteiger charge is -2.13. The monoisotopic (exact) mass is 250 g/mol. The summed E-state index contributed by atoms with van der Waals surface area (Å²) in [4.78, 5) is 0. The van der Waals surface area contributed by atoms with Gasteiger partial charge >= 0.3 is 0 Å². The van der Waals surface area contributed by atoms with E-state index in [1.54, 1.807) is 18.2 Å². The zero-order chi connectivity index (χ0) is 11.8. The van der Waals surface area contributed by atoms with Crippen LogP contribution in [0.2, 0.25) is 5.02 Å². The van der Waals surface area contributed by atoms with Gasteiger partial charge in [-0.25, -0.2) is 0 Å². The van der Waals surface area contributed by atoms with Crippen molar-refractivity contribution in [2.24, 2.45) is 0 Å². The third kappa shape index (κ3) is 1.81. The first kappa shape index (κ1) is 10.7. The lowest BCUT2D eigenvalue weighted by atomic mass is 10.0. The molecule has 1 aliphatic rings. The van der Waals surface area contributed by atoms with Crippen LogP contribution in [0, 0.1) is 0 Å². The van der Waals surface area contributed by atoms with Gasteiger partial charge in [0.15, 0.2) is 0 Å². The first-order valence-electron chi connectivity index (χ1n) is 5.42. The quantitative estimate of drug-likeness (QED) is 0.891. The summed E-state index contributed by atoms with van der Waals surface area (Å²) in [6, 6.07) is 7.07. The molecule has 1 unspecified atom stereocenters. The first-order valence-corrected chi connectivity index (χ1v) is 5.80. The van der Waals surface area contributed by atoms with Gasteiger partial charge in [0.1, 0.15) is 17.6 Å². The summed E-state index contributed by atoms with van der Waals surface area (Å²) in [6.07, 6.45) is 1.52. The largest absolute Gasteiger partial charge is 0.493 e. The molecule has 17 heavy (non-hydrogen) atoms. The fourth-order valence-corrected chi connectivity index (χ4v) is 2.35. The summed E-state index contributed by atoms with van der Waals surface area (Å²) in [5, 5.41) is 10.8. The van der Waals surface area contributed by atoms with Crippen molar-refractivity contribution in [1.82, 2.24) is 0 Å². The van der Waals surface area contributed by atoms with Crippen molar-refractivity contribution in [2.75, 3.05) is 6.61 Å². The van der Waals surface area contributed by atoms with Crippen LogP contribution in [-0.4, -0.2) is 11.7 Å². The van der Waals surface area contributed by atoms with E-state index in [1.807, 2.05) is 6.07 Å². The van der Waals surface area contributed by atoms with E-state index in [2.05, 4.69) is 0 Å². The van der Waals surface area contributed by atoms with Gasteiger partial charge in [0.25, 0.3) is 0 Å². The third-order valence-corrected chi connectivity index (χ3v) is 3.10. The maximum Gasteiger partial charge on any atom is 0.140 e. The Kier molecular flexibility index (Phi) is 2.57. The van der Waals surface area contributed by atoms with E-state index < -0.39 is 6.10 Å². The lowest BCUT2D eigenvalue weighted by Crippen LogP contribution is -2.01. The van der Waals surface area contributed by atoms with Gasteiger partial charge in [-0.05, 0) is 29.8 Å². The molecule has 0 spiro atoms. The van der Waals surface area contributed by atoms with E-state index in [9.17, 15) is 5.11 Å². The zero-order valence-electron chi connectivity index (χ0n) is 9.02. The number of fused-ring (bicyclic) bond motifs is 1. The molecular weight excluding hydrogens is 240 g/mol. The van der Waals surface area contributed by atoms with Crippen LogP contribution in [0.5, 0.6) is 5.75 Å². The number of hydrogen-bond acceptors (Lipinski definition) is 3. The molecule has 1 aromatic carbocycles. The summed E-state index contributed by atoms with van der Waals surface area (Å²) in [6.45, 7) is 0.632. The Morgan fingerprint density at radius 3 is 3.00 bits per heavy atom. The molecule has 1 aliphatic heterocycles. The molecular formula is C13H11ClO3. The minimum absolute atomic E-state index is 0.491. The van der Waals surface area contributed by atoms with Crippen LogP contribution >= 0.6 is 11.6 Å². The second kappa shape index (κ2) is 4.09. The van der Waals surface area contributed by atoms with E-state index in [-0.39, 0.29) is 0 Å². The SMILES string of the molecule is OC(c1ccco1)c1cc(Cl)cc2c1OCC2. The maximum atomic E-state index is 10.2. The average Bonchev–Trinajstić information content (AvgIpc) is 2.97. The Labute approximate surface area is 104 Å². The topological polar surface area (TPSA) is 42.6 Å². The number of halogens is 1. The molecule has 0 aliphatic carbocycles. The van der Waals surface area contributed by atoms with Gasteiger partial charge < -0.3 is 14.3 Å². The third-order valence-electron chi connectivity index (χ3n) is 2.88. The molecule has 3 nitrogen and oxygen atoms in total. The molecule has 0 saturated heterocycles. The van der Waals surface area contributed by atoms with Crippen LogP contribution in [0.25, 0.3) is 0 Å². The molecule has 0 saturated carbocycles. The van der Waals surface area contributed by atoms with E-state index in [0.717, 1.165) is 17.7 Å². The molecule has 0 fully saturated rings. The normalized spacial score (nSPS) is 15.4.